The predicted molar refractivity (Wildman–Crippen MR) is 99.6 cm³/mol. The molecule has 3 aromatic rings. The lowest BCUT2D eigenvalue weighted by Crippen LogP contribution is -2.26. The smallest absolute Gasteiger partial charge is 0.335 e. The second kappa shape index (κ2) is 7.39. The van der Waals surface area contributed by atoms with Crippen LogP contribution in [0.5, 0.6) is 0 Å². The van der Waals surface area contributed by atoms with Crippen LogP contribution >= 0.6 is 0 Å². The molecule has 0 radical (unpaired) electrons. The van der Waals surface area contributed by atoms with E-state index in [-0.39, 0.29) is 17.5 Å². The third-order valence-corrected chi connectivity index (χ3v) is 4.21. The van der Waals surface area contributed by atoms with E-state index in [1.54, 1.807) is 0 Å². The van der Waals surface area contributed by atoms with E-state index < -0.39 is 5.97 Å². The molecule has 26 heavy (non-hydrogen) atoms. The maximum Gasteiger partial charge on any atom is 0.335 e. The number of carboxylic acid groups (broad SMARTS) is 1. The second-order valence-electron chi connectivity index (χ2n) is 6.37. The van der Waals surface area contributed by atoms with Crippen LogP contribution in [0, 0.1) is 0 Å². The van der Waals surface area contributed by atoms with Gasteiger partial charge in [-0.05, 0) is 50.2 Å². The molecule has 6 nitrogen and oxygen atoms in total. The van der Waals surface area contributed by atoms with E-state index in [0.717, 1.165) is 16.9 Å². The zero-order valence-corrected chi connectivity index (χ0v) is 14.8. The first-order chi connectivity index (χ1) is 12.5. The van der Waals surface area contributed by atoms with Gasteiger partial charge in [-0.1, -0.05) is 12.1 Å². The van der Waals surface area contributed by atoms with Crippen LogP contribution in [0.1, 0.15) is 46.4 Å². The van der Waals surface area contributed by atoms with Gasteiger partial charge in [0.25, 0.3) is 5.91 Å². The Morgan fingerprint density at radius 2 is 1.73 bits per heavy atom. The van der Waals surface area contributed by atoms with Crippen molar-refractivity contribution in [2.24, 2.45) is 0 Å². The second-order valence-corrected chi connectivity index (χ2v) is 6.37. The zero-order chi connectivity index (χ0) is 18.7. The number of aromatic nitrogens is 2. The summed E-state index contributed by atoms with van der Waals surface area (Å²) in [5.41, 5.74) is 2.64. The van der Waals surface area contributed by atoms with E-state index in [4.69, 9.17) is 5.11 Å². The summed E-state index contributed by atoms with van der Waals surface area (Å²) in [6, 6.07) is 14.2. The van der Waals surface area contributed by atoms with Crippen LogP contribution in [0.3, 0.4) is 0 Å². The number of imidazole rings is 1. The van der Waals surface area contributed by atoms with Gasteiger partial charge >= 0.3 is 5.97 Å². The van der Waals surface area contributed by atoms with Gasteiger partial charge in [-0.15, -0.1) is 0 Å². The van der Waals surface area contributed by atoms with Gasteiger partial charge in [0.15, 0.2) is 0 Å². The fourth-order valence-corrected chi connectivity index (χ4v) is 3.00. The molecule has 134 valence electrons. The topological polar surface area (TPSA) is 84.2 Å². The van der Waals surface area contributed by atoms with Crippen LogP contribution in [0.25, 0.3) is 11.0 Å². The van der Waals surface area contributed by atoms with Crippen LogP contribution < -0.4 is 5.32 Å². The molecule has 1 amide bonds. The van der Waals surface area contributed by atoms with Crippen LogP contribution in [0.2, 0.25) is 0 Å². The van der Waals surface area contributed by atoms with Gasteiger partial charge in [-0.25, -0.2) is 9.78 Å². The maximum atomic E-state index is 12.2. The number of rotatable bonds is 6. The molecule has 1 aromatic heterocycles. The fourth-order valence-electron chi connectivity index (χ4n) is 3.00. The predicted octanol–water partition coefficient (Wildman–Crippen LogP) is 3.29. The molecule has 0 spiro atoms. The normalized spacial score (nSPS) is 11.0. The number of carbonyl (C=O) groups is 2. The van der Waals surface area contributed by atoms with Gasteiger partial charge in [0, 0.05) is 24.6 Å². The van der Waals surface area contributed by atoms with Crippen LogP contribution in [0.4, 0.5) is 0 Å². The van der Waals surface area contributed by atoms with Crippen molar-refractivity contribution < 1.29 is 14.7 Å². The lowest BCUT2D eigenvalue weighted by molar-refractivity contribution is 0.0696. The highest BCUT2D eigenvalue weighted by Gasteiger charge is 2.13. The van der Waals surface area contributed by atoms with Crippen molar-refractivity contribution in [3.8, 4) is 0 Å². The molecule has 0 bridgehead atoms. The molecule has 0 saturated carbocycles. The number of hydrogen-bond acceptors (Lipinski definition) is 3. The molecule has 0 atom stereocenters. The lowest BCUT2D eigenvalue weighted by atomic mass is 10.1. The zero-order valence-electron chi connectivity index (χ0n) is 14.8. The van der Waals surface area contributed by atoms with E-state index in [1.165, 1.54) is 24.3 Å². The summed E-state index contributed by atoms with van der Waals surface area (Å²) in [4.78, 5) is 27.8. The van der Waals surface area contributed by atoms with Gasteiger partial charge in [-0.2, -0.15) is 0 Å². The summed E-state index contributed by atoms with van der Waals surface area (Å²) in [5, 5.41) is 11.8. The lowest BCUT2D eigenvalue weighted by Gasteiger charge is -2.13. The number of carboxylic acids is 1. The number of para-hydroxylation sites is 2. The molecule has 0 aliphatic rings. The van der Waals surface area contributed by atoms with Gasteiger partial charge in [0.05, 0.1) is 16.6 Å². The SMILES string of the molecule is CC(C)n1c(CCNC(=O)c2ccc(C(=O)O)cc2)nc2ccccc21. The Hall–Kier alpha value is -3.15. The summed E-state index contributed by atoms with van der Waals surface area (Å²) in [5.74, 6) is -0.304. The molecular weight excluding hydrogens is 330 g/mol. The quantitative estimate of drug-likeness (QED) is 0.714. The van der Waals surface area contributed by atoms with Crippen LogP contribution in [-0.4, -0.2) is 33.1 Å². The van der Waals surface area contributed by atoms with E-state index in [0.29, 0.717) is 18.5 Å². The Morgan fingerprint density at radius 3 is 2.38 bits per heavy atom. The largest absolute Gasteiger partial charge is 0.478 e. The van der Waals surface area contributed by atoms with Crippen molar-refractivity contribution in [3.05, 3.63) is 65.5 Å². The number of carbonyl (C=O) groups excluding carboxylic acids is 1. The number of benzene rings is 2. The minimum Gasteiger partial charge on any atom is -0.478 e. The molecular formula is C20H21N3O3. The van der Waals surface area contributed by atoms with Gasteiger partial charge in [0.2, 0.25) is 0 Å². The Kier molecular flexibility index (Phi) is 5.02. The first kappa shape index (κ1) is 17.7. The number of nitrogens with zero attached hydrogens (tertiary/aromatic N) is 2. The van der Waals surface area contributed by atoms with Crippen molar-refractivity contribution in [2.45, 2.75) is 26.3 Å². The highest BCUT2D eigenvalue weighted by molar-refractivity contribution is 5.95. The third-order valence-electron chi connectivity index (χ3n) is 4.21. The first-order valence-electron chi connectivity index (χ1n) is 8.55. The monoisotopic (exact) mass is 351 g/mol. The molecule has 3 rings (SSSR count). The van der Waals surface area contributed by atoms with E-state index >= 15 is 0 Å². The average molecular weight is 351 g/mol. The highest BCUT2D eigenvalue weighted by atomic mass is 16.4. The van der Waals surface area contributed by atoms with Crippen LogP contribution in [0.15, 0.2) is 48.5 Å². The standard InChI is InChI=1S/C20H21N3O3/c1-13(2)23-17-6-4-3-5-16(17)22-18(23)11-12-21-19(24)14-7-9-15(10-8-14)20(25)26/h3-10,13H,11-12H2,1-2H3,(H,21,24)(H,25,26). The molecule has 6 heteroatoms. The van der Waals surface area contributed by atoms with Crippen molar-refractivity contribution >= 4 is 22.9 Å². The molecule has 0 aliphatic heterocycles. The summed E-state index contributed by atoms with van der Waals surface area (Å²) in [6.07, 6.45) is 0.617. The third kappa shape index (κ3) is 3.59. The number of amides is 1. The van der Waals surface area contributed by atoms with Crippen molar-refractivity contribution in [1.29, 1.82) is 0 Å². The Morgan fingerprint density at radius 1 is 1.08 bits per heavy atom. The minimum absolute atomic E-state index is 0.159. The number of hydrogen-bond donors (Lipinski definition) is 2. The summed E-state index contributed by atoms with van der Waals surface area (Å²) in [6.45, 7) is 4.68. The summed E-state index contributed by atoms with van der Waals surface area (Å²) < 4.78 is 2.18. The Balaban J connectivity index is 1.68. The minimum atomic E-state index is -1.01. The van der Waals surface area contributed by atoms with E-state index in [1.807, 2.05) is 18.2 Å². The van der Waals surface area contributed by atoms with E-state index in [9.17, 15) is 9.59 Å². The maximum absolute atomic E-state index is 12.2. The fraction of sp³-hybridized carbons (Fsp3) is 0.250. The van der Waals surface area contributed by atoms with Gasteiger partial charge in [0.1, 0.15) is 5.82 Å². The van der Waals surface area contributed by atoms with Crippen LogP contribution in [-0.2, 0) is 6.42 Å². The van der Waals surface area contributed by atoms with Gasteiger partial charge < -0.3 is 15.0 Å². The van der Waals surface area contributed by atoms with Gasteiger partial charge in [-0.3, -0.25) is 4.79 Å². The number of nitrogens with one attached hydrogen (secondary N) is 1. The number of aromatic carboxylic acids is 1. The molecule has 1 heterocycles. The van der Waals surface area contributed by atoms with Crippen molar-refractivity contribution in [3.63, 3.8) is 0 Å². The number of fused-ring (bicyclic) bond motifs is 1. The first-order valence-corrected chi connectivity index (χ1v) is 8.55. The molecule has 0 unspecified atom stereocenters. The molecule has 2 N–H and O–H groups in total. The van der Waals surface area contributed by atoms with Crippen molar-refractivity contribution in [1.82, 2.24) is 14.9 Å². The Labute approximate surface area is 151 Å². The summed E-state index contributed by atoms with van der Waals surface area (Å²) in [7, 11) is 0. The summed E-state index contributed by atoms with van der Waals surface area (Å²) >= 11 is 0. The molecule has 2 aromatic carbocycles. The van der Waals surface area contributed by atoms with Crippen molar-refractivity contribution in [2.75, 3.05) is 6.54 Å². The van der Waals surface area contributed by atoms with E-state index in [2.05, 4.69) is 34.8 Å². The average Bonchev–Trinajstić information content (AvgIpc) is 3.00. The molecule has 0 saturated heterocycles. The molecule has 0 aliphatic carbocycles. The Bertz CT molecular complexity index is 943. The molecule has 0 fully saturated rings. The highest BCUT2D eigenvalue weighted by Crippen LogP contribution is 2.21.